The van der Waals surface area contributed by atoms with Gasteiger partial charge >= 0.3 is 5.69 Å². The Bertz CT molecular complexity index is 1280. The van der Waals surface area contributed by atoms with Crippen LogP contribution in [0.5, 0.6) is 5.75 Å². The monoisotopic (exact) mass is 503 g/mol. The van der Waals surface area contributed by atoms with Crippen LogP contribution in [0.1, 0.15) is 17.5 Å². The molecule has 3 aromatic rings. The molecule has 1 aliphatic rings. The molecule has 0 radical (unpaired) electrons. The van der Waals surface area contributed by atoms with Crippen LogP contribution in [0, 0.1) is 10.1 Å². The summed E-state index contributed by atoms with van der Waals surface area (Å²) >= 11 is 1.25. The lowest BCUT2D eigenvalue weighted by Gasteiger charge is -2.15. The van der Waals surface area contributed by atoms with Gasteiger partial charge in [0.15, 0.2) is 10.9 Å². The van der Waals surface area contributed by atoms with Crippen molar-refractivity contribution in [3.63, 3.8) is 0 Å². The molecule has 0 N–H and O–H groups in total. The number of rotatable bonds is 10. The fraction of sp³-hybridized carbons (Fsp3) is 0.185. The first kappa shape index (κ1) is 25.2. The molecule has 36 heavy (non-hydrogen) atoms. The summed E-state index contributed by atoms with van der Waals surface area (Å²) in [4.78, 5) is 31.2. The number of aliphatic imine (C=N–C) groups is 1. The molecule has 1 aliphatic heterocycles. The maximum absolute atomic E-state index is 13.2. The number of nitro benzene ring substituents is 1. The highest BCUT2D eigenvalue weighted by Crippen LogP contribution is 2.36. The minimum absolute atomic E-state index is 0.161. The van der Waals surface area contributed by atoms with Gasteiger partial charge < -0.3 is 9.47 Å². The second kappa shape index (κ2) is 12.1. The molecular weight excluding hydrogens is 478 g/mol. The summed E-state index contributed by atoms with van der Waals surface area (Å²) in [5.41, 5.74) is 2.01. The highest BCUT2D eigenvalue weighted by molar-refractivity contribution is 8.18. The van der Waals surface area contributed by atoms with Gasteiger partial charge in [-0.1, -0.05) is 54.6 Å². The Kier molecular flexibility index (Phi) is 8.48. The van der Waals surface area contributed by atoms with E-state index in [2.05, 4.69) is 4.99 Å². The maximum Gasteiger partial charge on any atom is 0.311 e. The van der Waals surface area contributed by atoms with Gasteiger partial charge in [0.2, 0.25) is 0 Å². The Morgan fingerprint density at radius 3 is 2.47 bits per heavy atom. The molecule has 8 nitrogen and oxygen atoms in total. The summed E-state index contributed by atoms with van der Waals surface area (Å²) in [5.74, 6) is -0.0261. The van der Waals surface area contributed by atoms with E-state index in [0.29, 0.717) is 35.2 Å². The molecule has 1 amide bonds. The number of ether oxygens (including phenoxy) is 2. The van der Waals surface area contributed by atoms with Crippen molar-refractivity contribution in [3.8, 4) is 5.75 Å². The van der Waals surface area contributed by atoms with Crippen LogP contribution in [-0.2, 0) is 16.1 Å². The summed E-state index contributed by atoms with van der Waals surface area (Å²) in [6, 6.07) is 23.5. The number of nitro groups is 1. The predicted molar refractivity (Wildman–Crippen MR) is 141 cm³/mol. The molecule has 0 bridgehead atoms. The zero-order chi connectivity index (χ0) is 25.3. The zero-order valence-corrected chi connectivity index (χ0v) is 20.5. The Labute approximate surface area is 213 Å². The minimum atomic E-state index is -0.481. The standard InChI is InChI=1S/C27H25N3O5S/c1-34-16-8-15-29-26(31)25(36-27(29)28-22-11-6-3-7-12-22)18-21-13-14-24(23(17-21)30(32)33)35-19-20-9-4-2-5-10-20/h2-7,9-14,17-18H,8,15-16,19H2,1H3/b25-18-,28-27?. The number of benzene rings is 3. The molecule has 0 atom stereocenters. The third-order valence-electron chi connectivity index (χ3n) is 5.31. The molecule has 184 valence electrons. The first-order valence-corrected chi connectivity index (χ1v) is 12.2. The van der Waals surface area contributed by atoms with Crippen LogP contribution in [0.15, 0.2) is 88.8 Å². The Morgan fingerprint density at radius 1 is 1.06 bits per heavy atom. The lowest BCUT2D eigenvalue weighted by Crippen LogP contribution is -2.30. The molecule has 9 heteroatoms. The van der Waals surface area contributed by atoms with Crippen molar-refractivity contribution in [2.75, 3.05) is 20.3 Å². The van der Waals surface area contributed by atoms with Gasteiger partial charge in [0, 0.05) is 26.3 Å². The van der Waals surface area contributed by atoms with Crippen molar-refractivity contribution in [1.82, 2.24) is 4.90 Å². The van der Waals surface area contributed by atoms with E-state index >= 15 is 0 Å². The third kappa shape index (κ3) is 6.38. The molecular formula is C27H25N3O5S. The number of amides is 1. The van der Waals surface area contributed by atoms with Gasteiger partial charge in [-0.05, 0) is 53.6 Å². The second-order valence-corrected chi connectivity index (χ2v) is 8.91. The maximum atomic E-state index is 13.2. The Hall–Kier alpha value is -3.95. The zero-order valence-electron chi connectivity index (χ0n) is 19.7. The molecule has 0 unspecified atom stereocenters. The van der Waals surface area contributed by atoms with Crippen LogP contribution in [-0.4, -0.2) is 41.2 Å². The number of hydrogen-bond donors (Lipinski definition) is 0. The average Bonchev–Trinajstić information content (AvgIpc) is 3.18. The number of carbonyl (C=O) groups excluding carboxylic acids is 1. The number of methoxy groups -OCH3 is 1. The van der Waals surface area contributed by atoms with Crippen LogP contribution in [0.3, 0.4) is 0 Å². The van der Waals surface area contributed by atoms with Crippen molar-refractivity contribution in [1.29, 1.82) is 0 Å². The Balaban J connectivity index is 1.58. The Morgan fingerprint density at radius 2 is 1.78 bits per heavy atom. The number of amidine groups is 1. The van der Waals surface area contributed by atoms with Crippen LogP contribution in [0.4, 0.5) is 11.4 Å². The van der Waals surface area contributed by atoms with Crippen molar-refractivity contribution >= 4 is 40.3 Å². The number of nitrogens with zero attached hydrogens (tertiary/aromatic N) is 3. The first-order valence-electron chi connectivity index (χ1n) is 11.3. The highest BCUT2D eigenvalue weighted by Gasteiger charge is 2.33. The van der Waals surface area contributed by atoms with Gasteiger partial charge in [-0.25, -0.2) is 4.99 Å². The molecule has 1 fully saturated rings. The van der Waals surface area contributed by atoms with Gasteiger partial charge in [0.25, 0.3) is 5.91 Å². The van der Waals surface area contributed by atoms with Crippen molar-refractivity contribution in [2.45, 2.75) is 13.0 Å². The molecule has 0 saturated carbocycles. The van der Waals surface area contributed by atoms with E-state index in [9.17, 15) is 14.9 Å². The average molecular weight is 504 g/mol. The van der Waals surface area contributed by atoms with Gasteiger partial charge in [0.1, 0.15) is 6.61 Å². The van der Waals surface area contributed by atoms with E-state index in [1.54, 1.807) is 30.2 Å². The molecule has 1 heterocycles. The van der Waals surface area contributed by atoms with Crippen LogP contribution in [0.25, 0.3) is 6.08 Å². The van der Waals surface area contributed by atoms with Crippen molar-refractivity contribution in [3.05, 3.63) is 105 Å². The van der Waals surface area contributed by atoms with Crippen LogP contribution >= 0.6 is 11.8 Å². The quantitative estimate of drug-likeness (QED) is 0.150. The minimum Gasteiger partial charge on any atom is -0.482 e. The van der Waals surface area contributed by atoms with Gasteiger partial charge in [-0.15, -0.1) is 0 Å². The lowest BCUT2D eigenvalue weighted by atomic mass is 10.1. The van der Waals surface area contributed by atoms with E-state index in [4.69, 9.17) is 9.47 Å². The summed E-state index contributed by atoms with van der Waals surface area (Å²) < 4.78 is 10.8. The normalized spacial score (nSPS) is 15.6. The van der Waals surface area contributed by atoms with Crippen LogP contribution in [0.2, 0.25) is 0 Å². The summed E-state index contributed by atoms with van der Waals surface area (Å²) in [5, 5.41) is 12.3. The lowest BCUT2D eigenvalue weighted by molar-refractivity contribution is -0.386. The smallest absolute Gasteiger partial charge is 0.311 e. The number of hydrogen-bond acceptors (Lipinski definition) is 7. The molecule has 4 rings (SSSR count). The van der Waals surface area contributed by atoms with Crippen molar-refractivity contribution < 1.29 is 19.2 Å². The SMILES string of the molecule is COCCCN1C(=O)/C(=C/c2ccc(OCc3ccccc3)c([N+](=O)[O-])c2)SC1=Nc1ccccc1. The molecule has 1 saturated heterocycles. The topological polar surface area (TPSA) is 94.3 Å². The number of thioether (sulfide) groups is 1. The highest BCUT2D eigenvalue weighted by atomic mass is 32.2. The second-order valence-electron chi connectivity index (χ2n) is 7.90. The first-order chi connectivity index (χ1) is 17.5. The summed E-state index contributed by atoms with van der Waals surface area (Å²) in [6.45, 7) is 1.18. The van der Waals surface area contributed by atoms with E-state index < -0.39 is 4.92 Å². The summed E-state index contributed by atoms with van der Waals surface area (Å²) in [7, 11) is 1.62. The van der Waals surface area contributed by atoms with Gasteiger partial charge in [0.05, 0.1) is 15.5 Å². The predicted octanol–water partition coefficient (Wildman–Crippen LogP) is 5.81. The largest absolute Gasteiger partial charge is 0.482 e. The third-order valence-corrected chi connectivity index (χ3v) is 6.32. The fourth-order valence-corrected chi connectivity index (χ4v) is 4.57. The van der Waals surface area contributed by atoms with Gasteiger partial charge in [-0.3, -0.25) is 19.8 Å². The van der Waals surface area contributed by atoms with Gasteiger partial charge in [-0.2, -0.15) is 0 Å². The van der Waals surface area contributed by atoms with E-state index in [1.165, 1.54) is 17.8 Å². The molecule has 3 aromatic carbocycles. The summed E-state index contributed by atoms with van der Waals surface area (Å²) in [6.07, 6.45) is 2.31. The van der Waals surface area contributed by atoms with Crippen LogP contribution < -0.4 is 4.74 Å². The molecule has 0 aliphatic carbocycles. The van der Waals surface area contributed by atoms with E-state index in [-0.39, 0.29) is 24.0 Å². The van der Waals surface area contributed by atoms with E-state index in [1.807, 2.05) is 60.7 Å². The van der Waals surface area contributed by atoms with Crippen molar-refractivity contribution in [2.24, 2.45) is 4.99 Å². The number of carbonyl (C=O) groups is 1. The molecule has 0 spiro atoms. The van der Waals surface area contributed by atoms with E-state index in [0.717, 1.165) is 11.3 Å². The molecule has 0 aromatic heterocycles. The fourth-order valence-electron chi connectivity index (χ4n) is 3.54. The number of para-hydroxylation sites is 1.